The summed E-state index contributed by atoms with van der Waals surface area (Å²) in [6.45, 7) is 5.25. The van der Waals surface area contributed by atoms with Gasteiger partial charge in [0.15, 0.2) is 0 Å². The van der Waals surface area contributed by atoms with Crippen LogP contribution in [-0.4, -0.2) is 74.7 Å². The number of allylic oxidation sites excluding steroid dienone is 1. The van der Waals surface area contributed by atoms with Gasteiger partial charge in [0.25, 0.3) is 0 Å². The number of pyridine rings is 1. The Labute approximate surface area is 261 Å². The molecule has 3 heterocycles. The Hall–Kier alpha value is -3.86. The number of para-hydroxylation sites is 1. The largest absolute Gasteiger partial charge is 0.486 e. The van der Waals surface area contributed by atoms with Gasteiger partial charge in [-0.15, -0.1) is 0 Å². The summed E-state index contributed by atoms with van der Waals surface area (Å²) in [6.07, 6.45) is 7.86. The Morgan fingerprint density at radius 3 is 2.73 bits per heavy atom. The van der Waals surface area contributed by atoms with Crippen molar-refractivity contribution in [3.05, 3.63) is 47.6 Å². The summed E-state index contributed by atoms with van der Waals surface area (Å²) >= 11 is 6.37. The van der Waals surface area contributed by atoms with E-state index in [0.29, 0.717) is 34.5 Å². The minimum atomic E-state index is -1.42. The minimum Gasteiger partial charge on any atom is -0.486 e. The number of aliphatic carboxylic acids is 1. The van der Waals surface area contributed by atoms with Crippen molar-refractivity contribution < 1.29 is 33.8 Å². The van der Waals surface area contributed by atoms with Gasteiger partial charge in [0.05, 0.1) is 11.6 Å². The Balaban J connectivity index is 1.45. The summed E-state index contributed by atoms with van der Waals surface area (Å²) < 4.78 is 11.8. The monoisotopic (exact) mass is 626 g/mol. The molecule has 236 valence electrons. The Morgan fingerprint density at radius 1 is 1.18 bits per heavy atom. The van der Waals surface area contributed by atoms with Crippen LogP contribution in [0.2, 0.25) is 5.02 Å². The van der Waals surface area contributed by atoms with Gasteiger partial charge in [-0.05, 0) is 58.6 Å². The first kappa shape index (κ1) is 31.6. The highest BCUT2D eigenvalue weighted by Crippen LogP contribution is 2.45. The Bertz CT molecular complexity index is 1470. The van der Waals surface area contributed by atoms with Crippen LogP contribution in [0.15, 0.2) is 42.6 Å². The van der Waals surface area contributed by atoms with Crippen LogP contribution < -0.4 is 15.4 Å². The van der Waals surface area contributed by atoms with E-state index >= 15 is 0 Å². The number of ether oxygens (including phenoxy) is 2. The number of aromatic nitrogens is 1. The van der Waals surface area contributed by atoms with Crippen molar-refractivity contribution in [3.8, 4) is 5.75 Å². The third-order valence-corrected chi connectivity index (χ3v) is 8.62. The van der Waals surface area contributed by atoms with Crippen LogP contribution in [0, 0.1) is 5.92 Å². The van der Waals surface area contributed by atoms with E-state index in [1.807, 2.05) is 18.2 Å². The van der Waals surface area contributed by atoms with Crippen LogP contribution >= 0.6 is 11.6 Å². The number of carboxylic acids is 1. The molecule has 1 aromatic carbocycles. The lowest BCUT2D eigenvalue weighted by molar-refractivity contribution is -0.145. The van der Waals surface area contributed by atoms with Crippen molar-refractivity contribution in [2.45, 2.75) is 95.0 Å². The van der Waals surface area contributed by atoms with Crippen molar-refractivity contribution in [1.29, 1.82) is 0 Å². The van der Waals surface area contributed by atoms with Gasteiger partial charge in [0.2, 0.25) is 11.8 Å². The molecule has 0 radical (unpaired) electrons. The number of carbonyl (C=O) groups excluding carboxylic acids is 3. The van der Waals surface area contributed by atoms with Gasteiger partial charge in [-0.3, -0.25) is 14.6 Å². The molecule has 44 heavy (non-hydrogen) atoms. The highest BCUT2D eigenvalue weighted by atomic mass is 35.5. The molecule has 11 nitrogen and oxygen atoms in total. The second-order valence-electron chi connectivity index (χ2n) is 12.8. The molecule has 5 rings (SSSR count). The predicted molar refractivity (Wildman–Crippen MR) is 163 cm³/mol. The maximum absolute atomic E-state index is 14.1. The zero-order chi connectivity index (χ0) is 31.6. The molecule has 2 fully saturated rings. The van der Waals surface area contributed by atoms with Crippen LogP contribution in [-0.2, 0) is 19.1 Å². The summed E-state index contributed by atoms with van der Waals surface area (Å²) in [5.74, 6) is -2.03. The quantitative estimate of drug-likeness (QED) is 0.417. The topological polar surface area (TPSA) is 147 Å². The highest BCUT2D eigenvalue weighted by molar-refractivity contribution is 6.35. The third-order valence-electron chi connectivity index (χ3n) is 8.29. The van der Waals surface area contributed by atoms with Gasteiger partial charge in [-0.1, -0.05) is 48.7 Å². The van der Waals surface area contributed by atoms with Gasteiger partial charge in [0, 0.05) is 23.9 Å². The van der Waals surface area contributed by atoms with Crippen LogP contribution in [0.1, 0.15) is 65.7 Å². The number of nitrogens with zero attached hydrogens (tertiary/aromatic N) is 2. The van der Waals surface area contributed by atoms with Crippen LogP contribution in [0.5, 0.6) is 5.75 Å². The van der Waals surface area contributed by atoms with Crippen molar-refractivity contribution >= 4 is 46.4 Å². The average Bonchev–Trinajstić information content (AvgIpc) is 3.48. The normalized spacial score (nSPS) is 28.5. The fourth-order valence-corrected chi connectivity index (χ4v) is 6.20. The van der Waals surface area contributed by atoms with Crippen molar-refractivity contribution in [1.82, 2.24) is 20.5 Å². The van der Waals surface area contributed by atoms with Crippen molar-refractivity contribution in [2.24, 2.45) is 5.92 Å². The van der Waals surface area contributed by atoms with Gasteiger partial charge in [-0.2, -0.15) is 0 Å². The van der Waals surface area contributed by atoms with Crippen LogP contribution in [0.25, 0.3) is 10.9 Å². The Kier molecular flexibility index (Phi) is 9.06. The number of fused-ring (bicyclic) bond motifs is 3. The van der Waals surface area contributed by atoms with E-state index in [4.69, 9.17) is 21.1 Å². The fraction of sp³-hybridized carbons (Fsp3) is 0.531. The number of carbonyl (C=O) groups is 4. The summed E-state index contributed by atoms with van der Waals surface area (Å²) in [4.78, 5) is 58.9. The molecular weight excluding hydrogens is 588 g/mol. The van der Waals surface area contributed by atoms with Crippen LogP contribution in [0.4, 0.5) is 4.79 Å². The maximum Gasteiger partial charge on any atom is 0.408 e. The average molecular weight is 627 g/mol. The van der Waals surface area contributed by atoms with E-state index < -0.39 is 53.2 Å². The third kappa shape index (κ3) is 6.93. The lowest BCUT2D eigenvalue weighted by Crippen LogP contribution is -2.56. The number of halogens is 1. The molecule has 5 atom stereocenters. The first-order chi connectivity index (χ1) is 20.9. The molecule has 1 saturated carbocycles. The molecule has 0 spiro atoms. The molecule has 0 unspecified atom stereocenters. The predicted octanol–water partition coefficient (Wildman–Crippen LogP) is 4.61. The van der Waals surface area contributed by atoms with E-state index in [1.165, 1.54) is 4.90 Å². The number of rotatable bonds is 4. The number of hydrogen-bond acceptors (Lipinski definition) is 7. The molecular formula is C32H39ClN4O7. The van der Waals surface area contributed by atoms with Crippen molar-refractivity contribution in [3.63, 3.8) is 0 Å². The molecule has 3 aliphatic rings. The number of hydrogen-bond donors (Lipinski definition) is 3. The lowest BCUT2D eigenvalue weighted by Gasteiger charge is -2.30. The SMILES string of the molecule is CC(C)(C)OC(=O)N[C@H]1CCCCC/C=C\[C@@H]2C[C@@]2(C(=O)O)NC(=O)[C@@H]2C[C@@H](Oc3cccc4c(Cl)ccnc34)CN2C1=O. The molecule has 3 amide bonds. The van der Waals surface area contributed by atoms with E-state index in [1.54, 1.807) is 45.2 Å². The summed E-state index contributed by atoms with van der Waals surface area (Å²) in [5.41, 5.74) is -1.65. The molecule has 3 N–H and O–H groups in total. The minimum absolute atomic E-state index is 0.0454. The molecule has 2 aliphatic heterocycles. The first-order valence-electron chi connectivity index (χ1n) is 15.1. The number of alkyl carbamates (subject to hydrolysis) is 1. The standard InChI is InChI=1S/C32H39ClN4O7/c1-31(2,3)44-30(42)35-23-12-8-6-4-5-7-10-19-17-32(19,29(40)41)36-27(38)24-16-20(18-37(24)28(23)39)43-25-13-9-11-21-22(33)14-15-34-26(21)25/h7,9-11,13-15,19-20,23-24H,4-6,8,12,16-18H2,1-3H3,(H,35,42)(H,36,38)(H,40,41)/b10-7-/t19-,20-,23+,24+,32-/m1/s1. The van der Waals surface area contributed by atoms with Gasteiger partial charge in [-0.25, -0.2) is 9.59 Å². The van der Waals surface area contributed by atoms with E-state index in [-0.39, 0.29) is 25.3 Å². The smallest absolute Gasteiger partial charge is 0.408 e. The second-order valence-corrected chi connectivity index (χ2v) is 13.2. The number of amides is 3. The first-order valence-corrected chi connectivity index (χ1v) is 15.5. The van der Waals surface area contributed by atoms with Gasteiger partial charge >= 0.3 is 12.1 Å². The zero-order valence-corrected chi connectivity index (χ0v) is 25.9. The van der Waals surface area contributed by atoms with E-state index in [0.717, 1.165) is 19.3 Å². The van der Waals surface area contributed by atoms with Gasteiger partial charge < -0.3 is 30.1 Å². The Morgan fingerprint density at radius 2 is 1.98 bits per heavy atom. The number of nitrogens with one attached hydrogen (secondary N) is 2. The van der Waals surface area contributed by atoms with Gasteiger partial charge in [0.1, 0.15) is 40.6 Å². The summed E-state index contributed by atoms with van der Waals surface area (Å²) in [6, 6.07) is 5.08. The van der Waals surface area contributed by atoms with Crippen LogP contribution in [0.3, 0.4) is 0 Å². The summed E-state index contributed by atoms with van der Waals surface area (Å²) in [5, 5.41) is 16.8. The fourth-order valence-electron chi connectivity index (χ4n) is 5.99. The maximum atomic E-state index is 14.1. The summed E-state index contributed by atoms with van der Waals surface area (Å²) in [7, 11) is 0. The zero-order valence-electron chi connectivity index (χ0n) is 25.2. The van der Waals surface area contributed by atoms with E-state index in [9.17, 15) is 24.3 Å². The molecule has 1 saturated heterocycles. The molecule has 2 aromatic rings. The van der Waals surface area contributed by atoms with E-state index in [2.05, 4.69) is 15.6 Å². The number of carboxylic acid groups (broad SMARTS) is 1. The highest BCUT2D eigenvalue weighted by Gasteiger charge is 2.61. The molecule has 12 heteroatoms. The molecule has 1 aromatic heterocycles. The molecule has 0 bridgehead atoms. The van der Waals surface area contributed by atoms with Crippen molar-refractivity contribution in [2.75, 3.05) is 6.54 Å². The molecule has 1 aliphatic carbocycles. The number of benzene rings is 1. The lowest BCUT2D eigenvalue weighted by atomic mass is 10.0. The second kappa shape index (κ2) is 12.6.